The van der Waals surface area contributed by atoms with Crippen LogP contribution in [0.25, 0.3) is 0 Å². The molecule has 0 aliphatic heterocycles. The van der Waals surface area contributed by atoms with E-state index in [9.17, 15) is 0 Å². The first-order valence-electron chi connectivity index (χ1n) is 6.96. The predicted octanol–water partition coefficient (Wildman–Crippen LogP) is 3.42. The number of para-hydroxylation sites is 1. The molecule has 20 heavy (non-hydrogen) atoms. The Kier molecular flexibility index (Phi) is 5.16. The van der Waals surface area contributed by atoms with Gasteiger partial charge in [-0.05, 0) is 36.6 Å². The smallest absolute Gasteiger partial charge is 0.132 e. The van der Waals surface area contributed by atoms with E-state index in [1.54, 1.807) is 0 Å². The summed E-state index contributed by atoms with van der Waals surface area (Å²) in [5, 5.41) is 8.90. The summed E-state index contributed by atoms with van der Waals surface area (Å²) in [4.78, 5) is 0. The van der Waals surface area contributed by atoms with Crippen molar-refractivity contribution in [1.29, 1.82) is 0 Å². The van der Waals surface area contributed by atoms with Crippen molar-refractivity contribution in [2.24, 2.45) is 5.73 Å². The zero-order valence-electron chi connectivity index (χ0n) is 11.8. The Morgan fingerprint density at radius 1 is 1.10 bits per heavy atom. The maximum atomic E-state index is 8.90. The number of hydrogen-bond donors (Lipinski definition) is 2. The normalized spacial score (nSPS) is 12.2. The van der Waals surface area contributed by atoms with Gasteiger partial charge >= 0.3 is 0 Å². The lowest BCUT2D eigenvalue weighted by atomic mass is 10.0. The molecule has 0 radical (unpaired) electrons. The van der Waals surface area contributed by atoms with E-state index in [4.69, 9.17) is 15.6 Å². The average molecular weight is 271 g/mol. The summed E-state index contributed by atoms with van der Waals surface area (Å²) in [5.74, 6) is 1.58. The SMILES string of the molecule is CC[C@@H](N)c1ccccc1Oc1ccc(CCO)cc1. The van der Waals surface area contributed by atoms with Crippen LogP contribution in [0.1, 0.15) is 30.5 Å². The maximum Gasteiger partial charge on any atom is 0.132 e. The lowest BCUT2D eigenvalue weighted by molar-refractivity contribution is 0.299. The van der Waals surface area contributed by atoms with Crippen molar-refractivity contribution in [3.05, 3.63) is 59.7 Å². The van der Waals surface area contributed by atoms with Crippen molar-refractivity contribution in [1.82, 2.24) is 0 Å². The van der Waals surface area contributed by atoms with E-state index in [-0.39, 0.29) is 12.6 Å². The molecule has 0 amide bonds. The highest BCUT2D eigenvalue weighted by Crippen LogP contribution is 2.29. The van der Waals surface area contributed by atoms with Gasteiger partial charge in [-0.1, -0.05) is 37.3 Å². The third-order valence-electron chi connectivity index (χ3n) is 3.31. The Hall–Kier alpha value is -1.84. The number of hydrogen-bond acceptors (Lipinski definition) is 3. The van der Waals surface area contributed by atoms with Crippen molar-refractivity contribution in [3.8, 4) is 11.5 Å². The molecule has 0 spiro atoms. The van der Waals surface area contributed by atoms with Gasteiger partial charge in [-0.2, -0.15) is 0 Å². The fourth-order valence-electron chi connectivity index (χ4n) is 2.08. The molecule has 2 aromatic rings. The summed E-state index contributed by atoms with van der Waals surface area (Å²) in [7, 11) is 0. The van der Waals surface area contributed by atoms with Gasteiger partial charge < -0.3 is 15.6 Å². The van der Waals surface area contributed by atoms with Gasteiger partial charge in [0.25, 0.3) is 0 Å². The van der Waals surface area contributed by atoms with Gasteiger partial charge in [0.1, 0.15) is 11.5 Å². The highest BCUT2D eigenvalue weighted by atomic mass is 16.5. The number of aliphatic hydroxyl groups is 1. The fraction of sp³-hybridized carbons (Fsp3) is 0.294. The van der Waals surface area contributed by atoms with Crippen LogP contribution in [0.4, 0.5) is 0 Å². The van der Waals surface area contributed by atoms with Crippen LogP contribution in [-0.4, -0.2) is 11.7 Å². The van der Waals surface area contributed by atoms with Crippen molar-refractivity contribution < 1.29 is 9.84 Å². The summed E-state index contributed by atoms with van der Waals surface area (Å²) >= 11 is 0. The molecule has 2 rings (SSSR count). The van der Waals surface area contributed by atoms with E-state index in [1.807, 2.05) is 48.5 Å². The summed E-state index contributed by atoms with van der Waals surface area (Å²) in [6.07, 6.45) is 1.54. The average Bonchev–Trinajstić information content (AvgIpc) is 2.49. The van der Waals surface area contributed by atoms with Gasteiger partial charge in [-0.15, -0.1) is 0 Å². The van der Waals surface area contributed by atoms with Crippen LogP contribution in [0.5, 0.6) is 11.5 Å². The van der Waals surface area contributed by atoms with Gasteiger partial charge in [0.05, 0.1) is 0 Å². The molecule has 0 heterocycles. The maximum absolute atomic E-state index is 8.90. The zero-order valence-corrected chi connectivity index (χ0v) is 11.8. The van der Waals surface area contributed by atoms with Crippen LogP contribution in [0.15, 0.2) is 48.5 Å². The molecule has 0 saturated carbocycles. The van der Waals surface area contributed by atoms with Gasteiger partial charge in [0.2, 0.25) is 0 Å². The standard InChI is InChI=1S/C17H21NO2/c1-2-16(18)15-5-3-4-6-17(15)20-14-9-7-13(8-10-14)11-12-19/h3-10,16,19H,2,11-12,18H2,1H3/t16-/m1/s1. The Morgan fingerprint density at radius 2 is 1.80 bits per heavy atom. The molecule has 2 aromatic carbocycles. The number of aliphatic hydroxyl groups excluding tert-OH is 1. The first-order chi connectivity index (χ1) is 9.74. The Balaban J connectivity index is 2.17. The molecule has 106 valence electrons. The van der Waals surface area contributed by atoms with E-state index in [0.717, 1.165) is 29.0 Å². The predicted molar refractivity (Wildman–Crippen MR) is 81.0 cm³/mol. The molecule has 3 nitrogen and oxygen atoms in total. The second-order valence-corrected chi connectivity index (χ2v) is 4.77. The molecule has 0 aliphatic rings. The van der Waals surface area contributed by atoms with E-state index in [2.05, 4.69) is 6.92 Å². The van der Waals surface area contributed by atoms with Crippen LogP contribution in [0.2, 0.25) is 0 Å². The highest BCUT2D eigenvalue weighted by Gasteiger charge is 2.10. The van der Waals surface area contributed by atoms with Gasteiger partial charge in [-0.3, -0.25) is 0 Å². The van der Waals surface area contributed by atoms with Crippen LogP contribution >= 0.6 is 0 Å². The Morgan fingerprint density at radius 3 is 2.45 bits per heavy atom. The second kappa shape index (κ2) is 7.08. The summed E-state index contributed by atoms with van der Waals surface area (Å²) < 4.78 is 5.92. The number of nitrogens with two attached hydrogens (primary N) is 1. The first kappa shape index (κ1) is 14.6. The molecule has 3 heteroatoms. The Labute approximate surface area is 120 Å². The lowest BCUT2D eigenvalue weighted by Crippen LogP contribution is -2.09. The minimum atomic E-state index is -0.0140. The molecular weight excluding hydrogens is 250 g/mol. The molecule has 0 fully saturated rings. The van der Waals surface area contributed by atoms with Crippen LogP contribution in [-0.2, 0) is 6.42 Å². The number of ether oxygens (including phenoxy) is 1. The Bertz CT molecular complexity index is 537. The third kappa shape index (κ3) is 3.59. The lowest BCUT2D eigenvalue weighted by Gasteiger charge is -2.15. The largest absolute Gasteiger partial charge is 0.457 e. The molecule has 0 saturated heterocycles. The first-order valence-corrected chi connectivity index (χ1v) is 6.96. The quantitative estimate of drug-likeness (QED) is 0.846. The molecular formula is C17H21NO2. The van der Waals surface area contributed by atoms with Crippen molar-refractivity contribution >= 4 is 0 Å². The van der Waals surface area contributed by atoms with Gasteiger partial charge in [0, 0.05) is 18.2 Å². The minimum Gasteiger partial charge on any atom is -0.457 e. The molecule has 0 aliphatic carbocycles. The molecule has 0 bridgehead atoms. The van der Waals surface area contributed by atoms with Gasteiger partial charge in [0.15, 0.2) is 0 Å². The van der Waals surface area contributed by atoms with Gasteiger partial charge in [-0.25, -0.2) is 0 Å². The molecule has 1 atom stereocenters. The summed E-state index contributed by atoms with van der Waals surface area (Å²) in [5.41, 5.74) is 8.22. The molecule has 0 unspecified atom stereocenters. The minimum absolute atomic E-state index is 0.0140. The fourth-order valence-corrected chi connectivity index (χ4v) is 2.08. The van der Waals surface area contributed by atoms with Crippen LogP contribution in [0, 0.1) is 0 Å². The molecule has 0 aromatic heterocycles. The second-order valence-electron chi connectivity index (χ2n) is 4.77. The topological polar surface area (TPSA) is 55.5 Å². The number of benzene rings is 2. The van der Waals surface area contributed by atoms with Crippen LogP contribution < -0.4 is 10.5 Å². The van der Waals surface area contributed by atoms with Crippen molar-refractivity contribution in [3.63, 3.8) is 0 Å². The van der Waals surface area contributed by atoms with Crippen molar-refractivity contribution in [2.45, 2.75) is 25.8 Å². The summed E-state index contributed by atoms with van der Waals surface area (Å²) in [6.45, 7) is 2.22. The van der Waals surface area contributed by atoms with Crippen molar-refractivity contribution in [2.75, 3.05) is 6.61 Å². The highest BCUT2D eigenvalue weighted by molar-refractivity contribution is 5.40. The van der Waals surface area contributed by atoms with E-state index in [0.29, 0.717) is 6.42 Å². The zero-order chi connectivity index (χ0) is 14.4. The number of rotatable bonds is 6. The van der Waals surface area contributed by atoms with E-state index >= 15 is 0 Å². The van der Waals surface area contributed by atoms with Crippen LogP contribution in [0.3, 0.4) is 0 Å². The van der Waals surface area contributed by atoms with E-state index < -0.39 is 0 Å². The summed E-state index contributed by atoms with van der Waals surface area (Å²) in [6, 6.07) is 15.6. The van der Waals surface area contributed by atoms with E-state index in [1.165, 1.54) is 0 Å². The third-order valence-corrected chi connectivity index (χ3v) is 3.31. The monoisotopic (exact) mass is 271 g/mol. The molecule has 3 N–H and O–H groups in total.